The van der Waals surface area contributed by atoms with Crippen molar-refractivity contribution in [3.8, 4) is 0 Å². The molecular formula is C19H38N2O4S. The second-order valence-electron chi connectivity index (χ2n) is 8.43. The normalized spacial score (nSPS) is 26.2. The van der Waals surface area contributed by atoms with Gasteiger partial charge in [-0.3, -0.25) is 4.79 Å². The lowest BCUT2D eigenvalue weighted by molar-refractivity contribution is -0.892. The number of likely N-dealkylation sites (tertiary alicyclic amines) is 1. The summed E-state index contributed by atoms with van der Waals surface area (Å²) in [4.78, 5) is 12.2. The van der Waals surface area contributed by atoms with E-state index in [1.165, 1.54) is 38.5 Å². The third kappa shape index (κ3) is 9.88. The standard InChI is InChI=1S/C19H38N2O4S/c1-4-5-6-7-8-9-10-11-12-20-19(22)15-21(3)13-17(2)18(14-21)16-26(23,24)25/h17-18H,4-16H2,1-3H3,(H-,20,22,23,24,25). The van der Waals surface area contributed by atoms with E-state index >= 15 is 0 Å². The first kappa shape index (κ1) is 23.4. The van der Waals surface area contributed by atoms with Crippen LogP contribution in [0.4, 0.5) is 0 Å². The van der Waals surface area contributed by atoms with Gasteiger partial charge in [0.1, 0.15) is 0 Å². The average molecular weight is 391 g/mol. The van der Waals surface area contributed by atoms with E-state index in [4.69, 9.17) is 0 Å². The van der Waals surface area contributed by atoms with Crippen molar-refractivity contribution < 1.29 is 22.2 Å². The minimum Gasteiger partial charge on any atom is -0.748 e. The van der Waals surface area contributed by atoms with E-state index in [9.17, 15) is 17.8 Å². The largest absolute Gasteiger partial charge is 0.748 e. The molecule has 1 N–H and O–H groups in total. The van der Waals surface area contributed by atoms with Crippen LogP contribution in [0.5, 0.6) is 0 Å². The first-order valence-electron chi connectivity index (χ1n) is 10.2. The average Bonchev–Trinajstić information content (AvgIpc) is 2.77. The first-order valence-corrected chi connectivity index (χ1v) is 11.8. The molecule has 6 nitrogen and oxygen atoms in total. The highest BCUT2D eigenvalue weighted by Gasteiger charge is 2.42. The number of quaternary nitrogens is 1. The molecule has 3 atom stereocenters. The fourth-order valence-corrected chi connectivity index (χ4v) is 5.12. The summed E-state index contributed by atoms with van der Waals surface area (Å²) in [6.45, 7) is 6.58. The highest BCUT2D eigenvalue weighted by atomic mass is 32.2. The van der Waals surface area contributed by atoms with Crippen LogP contribution in [0.3, 0.4) is 0 Å². The van der Waals surface area contributed by atoms with Gasteiger partial charge in [0.2, 0.25) is 0 Å². The summed E-state index contributed by atoms with van der Waals surface area (Å²) in [5, 5.41) is 2.99. The maximum atomic E-state index is 12.2. The Morgan fingerprint density at radius 3 is 2.23 bits per heavy atom. The Bertz CT molecular complexity index is 524. The zero-order valence-corrected chi connectivity index (χ0v) is 17.7. The number of nitrogens with one attached hydrogen (secondary N) is 1. The molecule has 0 saturated carbocycles. The van der Waals surface area contributed by atoms with Crippen molar-refractivity contribution in [1.29, 1.82) is 0 Å². The van der Waals surface area contributed by atoms with Crippen LogP contribution in [0.2, 0.25) is 0 Å². The maximum Gasteiger partial charge on any atom is 0.275 e. The highest BCUT2D eigenvalue weighted by molar-refractivity contribution is 7.85. The molecule has 0 radical (unpaired) electrons. The predicted molar refractivity (Wildman–Crippen MR) is 104 cm³/mol. The number of nitrogens with zero attached hydrogens (tertiary/aromatic N) is 1. The predicted octanol–water partition coefficient (Wildman–Crippen LogP) is 2.50. The number of unbranched alkanes of at least 4 members (excludes halogenated alkanes) is 7. The van der Waals surface area contributed by atoms with E-state index in [1.54, 1.807) is 0 Å². The molecule has 26 heavy (non-hydrogen) atoms. The van der Waals surface area contributed by atoms with Gasteiger partial charge in [0.05, 0.1) is 30.3 Å². The van der Waals surface area contributed by atoms with Crippen LogP contribution in [0, 0.1) is 11.8 Å². The van der Waals surface area contributed by atoms with Crippen molar-refractivity contribution in [2.24, 2.45) is 11.8 Å². The van der Waals surface area contributed by atoms with E-state index < -0.39 is 10.1 Å². The summed E-state index contributed by atoms with van der Waals surface area (Å²) in [6, 6.07) is 0. The molecule has 1 amide bonds. The number of hydrogen-bond donors (Lipinski definition) is 1. The van der Waals surface area contributed by atoms with Crippen molar-refractivity contribution in [2.75, 3.05) is 39.0 Å². The monoisotopic (exact) mass is 390 g/mol. The van der Waals surface area contributed by atoms with E-state index in [-0.39, 0.29) is 23.5 Å². The minimum atomic E-state index is -4.21. The Morgan fingerprint density at radius 1 is 1.08 bits per heavy atom. The molecular weight excluding hydrogens is 352 g/mol. The molecule has 154 valence electrons. The lowest BCUT2D eigenvalue weighted by Crippen LogP contribution is -2.49. The van der Waals surface area contributed by atoms with Gasteiger partial charge in [-0.05, 0) is 6.42 Å². The van der Waals surface area contributed by atoms with Crippen molar-refractivity contribution in [1.82, 2.24) is 5.32 Å². The van der Waals surface area contributed by atoms with Crippen LogP contribution in [0.1, 0.15) is 65.2 Å². The molecule has 1 rings (SSSR count). The molecule has 0 bridgehead atoms. The lowest BCUT2D eigenvalue weighted by Gasteiger charge is -2.29. The lowest BCUT2D eigenvalue weighted by atomic mass is 10.0. The summed E-state index contributed by atoms with van der Waals surface area (Å²) in [6.07, 6.45) is 9.92. The van der Waals surface area contributed by atoms with E-state index in [1.807, 2.05) is 14.0 Å². The number of hydrogen-bond acceptors (Lipinski definition) is 4. The van der Waals surface area contributed by atoms with Crippen molar-refractivity contribution in [3.63, 3.8) is 0 Å². The number of amides is 1. The van der Waals surface area contributed by atoms with Gasteiger partial charge in [-0.1, -0.05) is 58.8 Å². The third-order valence-electron chi connectivity index (χ3n) is 5.50. The Kier molecular flexibility index (Phi) is 10.1. The third-order valence-corrected chi connectivity index (χ3v) is 6.34. The summed E-state index contributed by atoms with van der Waals surface area (Å²) in [7, 11) is -2.23. The zero-order valence-electron chi connectivity index (χ0n) is 16.8. The summed E-state index contributed by atoms with van der Waals surface area (Å²) >= 11 is 0. The van der Waals surface area contributed by atoms with Gasteiger partial charge < -0.3 is 14.4 Å². The van der Waals surface area contributed by atoms with E-state index in [2.05, 4.69) is 12.2 Å². The van der Waals surface area contributed by atoms with Crippen molar-refractivity contribution in [3.05, 3.63) is 0 Å². The summed E-state index contributed by atoms with van der Waals surface area (Å²) in [5.41, 5.74) is 0. The number of rotatable bonds is 13. The van der Waals surface area contributed by atoms with Crippen LogP contribution in [-0.4, -0.2) is 62.3 Å². The molecule has 7 heteroatoms. The number of carbonyl (C=O) groups excluding carboxylic acids is 1. The van der Waals surface area contributed by atoms with Crippen LogP contribution in [0.15, 0.2) is 0 Å². The first-order chi connectivity index (χ1) is 12.2. The molecule has 0 aromatic rings. The molecule has 0 aliphatic carbocycles. The SMILES string of the molecule is CCCCCCCCCCNC(=O)C[N+]1(C)CC(C)C(CS(=O)(=O)[O-])C1. The molecule has 1 heterocycles. The summed E-state index contributed by atoms with van der Waals surface area (Å²) < 4.78 is 33.6. The van der Waals surface area contributed by atoms with E-state index in [0.29, 0.717) is 24.1 Å². The molecule has 1 fully saturated rings. The topological polar surface area (TPSA) is 86.3 Å². The molecule has 0 aromatic heterocycles. The van der Waals surface area contributed by atoms with E-state index in [0.717, 1.165) is 19.4 Å². The van der Waals surface area contributed by atoms with Crippen molar-refractivity contribution >= 4 is 16.0 Å². The van der Waals surface area contributed by atoms with Gasteiger partial charge in [0.15, 0.2) is 6.54 Å². The van der Waals surface area contributed by atoms with Gasteiger partial charge >= 0.3 is 0 Å². The molecule has 1 aliphatic heterocycles. The fourth-order valence-electron chi connectivity index (χ4n) is 4.16. The van der Waals surface area contributed by atoms with Gasteiger partial charge in [-0.15, -0.1) is 0 Å². The summed E-state index contributed by atoms with van der Waals surface area (Å²) in [5.74, 6) is -0.303. The number of likely N-dealkylation sites (N-methyl/N-ethyl adjacent to an activating group) is 1. The zero-order chi connectivity index (χ0) is 19.6. The van der Waals surface area contributed by atoms with Gasteiger partial charge in [0, 0.05) is 24.1 Å². The molecule has 1 aliphatic rings. The van der Waals surface area contributed by atoms with Crippen LogP contribution in [-0.2, 0) is 14.9 Å². The highest BCUT2D eigenvalue weighted by Crippen LogP contribution is 2.28. The van der Waals surface area contributed by atoms with Gasteiger partial charge in [-0.2, -0.15) is 0 Å². The molecule has 0 aromatic carbocycles. The Hall–Kier alpha value is -0.660. The van der Waals surface area contributed by atoms with Crippen molar-refractivity contribution in [2.45, 2.75) is 65.2 Å². The second-order valence-corrected chi connectivity index (χ2v) is 9.88. The van der Waals surface area contributed by atoms with Crippen LogP contribution < -0.4 is 5.32 Å². The molecule has 0 spiro atoms. The number of carbonyl (C=O) groups is 1. The maximum absolute atomic E-state index is 12.2. The second kappa shape index (κ2) is 11.2. The smallest absolute Gasteiger partial charge is 0.275 e. The quantitative estimate of drug-likeness (QED) is 0.297. The minimum absolute atomic E-state index is 0.0216. The van der Waals surface area contributed by atoms with Crippen LogP contribution in [0.25, 0.3) is 0 Å². The molecule has 3 unspecified atom stereocenters. The fraction of sp³-hybridized carbons (Fsp3) is 0.947. The Labute approximate surface area is 160 Å². The Balaban J connectivity index is 2.18. The van der Waals surface area contributed by atoms with Gasteiger partial charge in [0.25, 0.3) is 5.91 Å². The van der Waals surface area contributed by atoms with Crippen LogP contribution >= 0.6 is 0 Å². The van der Waals surface area contributed by atoms with Gasteiger partial charge in [-0.25, -0.2) is 8.42 Å². The molecule has 1 saturated heterocycles. The Morgan fingerprint density at radius 2 is 1.65 bits per heavy atom.